The van der Waals surface area contributed by atoms with Crippen molar-refractivity contribution in [3.05, 3.63) is 24.0 Å². The van der Waals surface area contributed by atoms with Crippen molar-refractivity contribution in [3.8, 4) is 0 Å². The summed E-state index contributed by atoms with van der Waals surface area (Å²) in [6, 6.07) is 4.04. The molecule has 0 radical (unpaired) electrons. The van der Waals surface area contributed by atoms with Gasteiger partial charge in [-0.1, -0.05) is 13.0 Å². The highest BCUT2D eigenvalue weighted by Crippen LogP contribution is 2.29. The maximum atomic E-state index is 13.8. The van der Waals surface area contributed by atoms with Crippen molar-refractivity contribution in [2.45, 2.75) is 18.2 Å². The Morgan fingerprint density at radius 3 is 2.75 bits per heavy atom. The predicted molar refractivity (Wildman–Crippen MR) is 76.7 cm³/mol. The second-order valence-electron chi connectivity index (χ2n) is 4.04. The number of hydrogen-bond acceptors (Lipinski definition) is 3. The fraction of sp³-hybridized carbons (Fsp3) is 0.385. The molecule has 0 aromatic heterocycles. The highest BCUT2D eigenvalue weighted by molar-refractivity contribution is 7.99. The summed E-state index contributed by atoms with van der Waals surface area (Å²) in [7, 11) is 1.46. The molecule has 5 nitrogen and oxygen atoms in total. The molecular formula is C13H17FN2O3S. The Morgan fingerprint density at radius 2 is 2.15 bits per heavy atom. The summed E-state index contributed by atoms with van der Waals surface area (Å²) in [6.45, 7) is 1.99. The lowest BCUT2D eigenvalue weighted by atomic mass is 10.3. The molecule has 0 aliphatic rings. The molecule has 110 valence electrons. The first-order valence-electron chi connectivity index (χ1n) is 6.11. The van der Waals surface area contributed by atoms with Crippen LogP contribution in [0.15, 0.2) is 23.1 Å². The quantitative estimate of drug-likeness (QED) is 0.793. The number of carbonyl (C=O) groups is 2. The number of benzene rings is 1. The fourth-order valence-corrected chi connectivity index (χ4v) is 2.25. The lowest BCUT2D eigenvalue weighted by Gasteiger charge is -2.18. The highest BCUT2D eigenvalue weighted by Gasteiger charge is 2.15. The fourth-order valence-electron chi connectivity index (χ4n) is 1.47. The molecular weight excluding hydrogens is 283 g/mol. The standard InChI is InChI=1S/C13H17FN2O3S/c1-3-20-10-6-4-5-9(14)12(10)15-13(19)16(2)8-7-11(17)18/h4-6H,3,7-8H2,1-2H3,(H,15,19)(H,17,18). The lowest BCUT2D eigenvalue weighted by molar-refractivity contribution is -0.137. The number of para-hydroxylation sites is 1. The van der Waals surface area contributed by atoms with E-state index >= 15 is 0 Å². The predicted octanol–water partition coefficient (Wildman–Crippen LogP) is 2.88. The number of carboxylic acids is 1. The van der Waals surface area contributed by atoms with Crippen molar-refractivity contribution in [1.29, 1.82) is 0 Å². The molecule has 0 fully saturated rings. The van der Waals surface area contributed by atoms with E-state index in [4.69, 9.17) is 5.11 Å². The molecule has 7 heteroatoms. The number of carbonyl (C=O) groups excluding carboxylic acids is 1. The van der Waals surface area contributed by atoms with Crippen molar-refractivity contribution in [2.75, 3.05) is 24.7 Å². The molecule has 20 heavy (non-hydrogen) atoms. The normalized spacial score (nSPS) is 10.2. The summed E-state index contributed by atoms with van der Waals surface area (Å²) in [5.41, 5.74) is 0.131. The van der Waals surface area contributed by atoms with Gasteiger partial charge < -0.3 is 15.3 Å². The van der Waals surface area contributed by atoms with Gasteiger partial charge in [0.1, 0.15) is 5.82 Å². The number of thioether (sulfide) groups is 1. The van der Waals surface area contributed by atoms with Gasteiger partial charge in [-0.05, 0) is 17.9 Å². The monoisotopic (exact) mass is 300 g/mol. The summed E-state index contributed by atoms with van der Waals surface area (Å²) in [5, 5.41) is 11.1. The van der Waals surface area contributed by atoms with Gasteiger partial charge in [0.05, 0.1) is 12.1 Å². The Hall–Kier alpha value is -1.76. The third-order valence-corrected chi connectivity index (χ3v) is 3.45. The van der Waals surface area contributed by atoms with E-state index in [9.17, 15) is 14.0 Å². The largest absolute Gasteiger partial charge is 0.481 e. The first-order valence-corrected chi connectivity index (χ1v) is 7.09. The summed E-state index contributed by atoms with van der Waals surface area (Å²) in [6.07, 6.45) is -0.155. The maximum Gasteiger partial charge on any atom is 0.321 e. The zero-order chi connectivity index (χ0) is 15.1. The van der Waals surface area contributed by atoms with Gasteiger partial charge in [0, 0.05) is 18.5 Å². The Balaban J connectivity index is 2.76. The first kappa shape index (κ1) is 16.3. The van der Waals surface area contributed by atoms with Crippen LogP contribution in [0.2, 0.25) is 0 Å². The molecule has 1 aromatic carbocycles. The number of aliphatic carboxylic acids is 1. The van der Waals surface area contributed by atoms with Crippen molar-refractivity contribution in [1.82, 2.24) is 4.90 Å². The van der Waals surface area contributed by atoms with Crippen molar-refractivity contribution in [2.24, 2.45) is 0 Å². The molecule has 0 atom stereocenters. The molecule has 0 spiro atoms. The minimum absolute atomic E-state index is 0.0614. The number of urea groups is 1. The minimum atomic E-state index is -0.988. The van der Waals surface area contributed by atoms with Crippen LogP contribution in [0.3, 0.4) is 0 Å². The van der Waals surface area contributed by atoms with Crippen LogP contribution in [0.25, 0.3) is 0 Å². The summed E-state index contributed by atoms with van der Waals surface area (Å²) < 4.78 is 13.8. The third kappa shape index (κ3) is 4.73. The highest BCUT2D eigenvalue weighted by atomic mass is 32.2. The Labute approximate surface area is 121 Å². The average molecular weight is 300 g/mol. The van der Waals surface area contributed by atoms with Gasteiger partial charge in [-0.3, -0.25) is 4.79 Å². The van der Waals surface area contributed by atoms with E-state index in [2.05, 4.69) is 5.32 Å². The van der Waals surface area contributed by atoms with Gasteiger partial charge >= 0.3 is 12.0 Å². The van der Waals surface area contributed by atoms with Crippen LogP contribution in [0, 0.1) is 5.82 Å². The Morgan fingerprint density at radius 1 is 1.45 bits per heavy atom. The van der Waals surface area contributed by atoms with Crippen molar-refractivity contribution in [3.63, 3.8) is 0 Å². The van der Waals surface area contributed by atoms with E-state index in [1.807, 2.05) is 6.92 Å². The smallest absolute Gasteiger partial charge is 0.321 e. The van der Waals surface area contributed by atoms with Gasteiger partial charge in [-0.25, -0.2) is 9.18 Å². The Kier molecular flexibility index (Phi) is 6.30. The number of halogens is 1. The molecule has 2 amide bonds. The molecule has 2 N–H and O–H groups in total. The lowest BCUT2D eigenvalue weighted by Crippen LogP contribution is -2.33. The van der Waals surface area contributed by atoms with Gasteiger partial charge in [-0.15, -0.1) is 11.8 Å². The van der Waals surface area contributed by atoms with Crippen LogP contribution in [-0.4, -0.2) is 41.4 Å². The Bertz CT molecular complexity index is 497. The SMILES string of the molecule is CCSc1cccc(F)c1NC(=O)N(C)CCC(=O)O. The first-order chi connectivity index (χ1) is 9.45. The summed E-state index contributed by atoms with van der Waals surface area (Å²) in [4.78, 5) is 24.2. The second-order valence-corrected chi connectivity index (χ2v) is 5.35. The van der Waals surface area contributed by atoms with Crippen LogP contribution in [-0.2, 0) is 4.79 Å². The number of rotatable bonds is 6. The van der Waals surface area contributed by atoms with Crippen LogP contribution >= 0.6 is 11.8 Å². The molecule has 0 unspecified atom stereocenters. The maximum absolute atomic E-state index is 13.8. The third-order valence-electron chi connectivity index (χ3n) is 2.51. The molecule has 0 aliphatic carbocycles. The summed E-state index contributed by atoms with van der Waals surface area (Å²) >= 11 is 1.42. The molecule has 1 rings (SSSR count). The van der Waals surface area contributed by atoms with E-state index < -0.39 is 17.8 Å². The van der Waals surface area contributed by atoms with Gasteiger partial charge in [0.15, 0.2) is 0 Å². The zero-order valence-corrected chi connectivity index (χ0v) is 12.2. The van der Waals surface area contributed by atoms with E-state index in [1.165, 1.54) is 29.8 Å². The minimum Gasteiger partial charge on any atom is -0.481 e. The number of anilines is 1. The number of carboxylic acid groups (broad SMARTS) is 1. The van der Waals surface area contributed by atoms with E-state index in [1.54, 1.807) is 12.1 Å². The van der Waals surface area contributed by atoms with E-state index in [0.29, 0.717) is 4.90 Å². The molecule has 0 bridgehead atoms. The van der Waals surface area contributed by atoms with Gasteiger partial charge in [-0.2, -0.15) is 0 Å². The molecule has 0 aliphatic heterocycles. The van der Waals surface area contributed by atoms with Crippen molar-refractivity contribution < 1.29 is 19.1 Å². The number of nitrogens with zero attached hydrogens (tertiary/aromatic N) is 1. The number of nitrogens with one attached hydrogen (secondary N) is 1. The average Bonchev–Trinajstić information content (AvgIpc) is 2.40. The van der Waals surface area contributed by atoms with Crippen LogP contribution < -0.4 is 5.32 Å². The van der Waals surface area contributed by atoms with E-state index in [-0.39, 0.29) is 18.7 Å². The molecule has 1 aromatic rings. The van der Waals surface area contributed by atoms with Crippen LogP contribution in [0.1, 0.15) is 13.3 Å². The van der Waals surface area contributed by atoms with Crippen LogP contribution in [0.5, 0.6) is 0 Å². The second kappa shape index (κ2) is 7.74. The summed E-state index contributed by atoms with van der Waals surface area (Å²) in [5.74, 6) is -0.748. The zero-order valence-electron chi connectivity index (χ0n) is 11.4. The van der Waals surface area contributed by atoms with Crippen LogP contribution in [0.4, 0.5) is 14.9 Å². The number of amides is 2. The molecule has 0 saturated heterocycles. The van der Waals surface area contributed by atoms with Crippen molar-refractivity contribution >= 4 is 29.4 Å². The molecule has 0 saturated carbocycles. The molecule has 0 heterocycles. The topological polar surface area (TPSA) is 69.6 Å². The van der Waals surface area contributed by atoms with Gasteiger partial charge in [0.25, 0.3) is 0 Å². The van der Waals surface area contributed by atoms with Gasteiger partial charge in [0.2, 0.25) is 0 Å². The van der Waals surface area contributed by atoms with E-state index in [0.717, 1.165) is 5.75 Å². The number of hydrogen-bond donors (Lipinski definition) is 2.